The van der Waals surface area contributed by atoms with E-state index in [0.717, 1.165) is 63.7 Å². The molecule has 3 aromatic rings. The van der Waals surface area contributed by atoms with Crippen LogP contribution in [-0.4, -0.2) is 96.2 Å². The van der Waals surface area contributed by atoms with E-state index in [4.69, 9.17) is 4.98 Å². The van der Waals surface area contributed by atoms with Gasteiger partial charge in [0.1, 0.15) is 5.69 Å². The Kier molecular flexibility index (Phi) is 6.06. The van der Waals surface area contributed by atoms with Gasteiger partial charge in [0.05, 0.1) is 11.4 Å². The SMILES string of the molecule is CN1CCN(c2ccnc(-c3cc(=O)[nH]c(-c4cc(N5CCN(C)CC5)ccn4)n3)c2)CC1. The van der Waals surface area contributed by atoms with E-state index < -0.39 is 0 Å². The van der Waals surface area contributed by atoms with Gasteiger partial charge in [0.2, 0.25) is 0 Å². The largest absolute Gasteiger partial charge is 0.369 e. The molecule has 33 heavy (non-hydrogen) atoms. The van der Waals surface area contributed by atoms with Gasteiger partial charge in [-0.1, -0.05) is 0 Å². The lowest BCUT2D eigenvalue weighted by Crippen LogP contribution is -2.44. The number of pyridine rings is 2. The Labute approximate surface area is 193 Å². The maximum Gasteiger partial charge on any atom is 0.251 e. The Balaban J connectivity index is 1.43. The van der Waals surface area contributed by atoms with Gasteiger partial charge in [0.25, 0.3) is 5.56 Å². The number of anilines is 2. The molecule has 2 aliphatic heterocycles. The van der Waals surface area contributed by atoms with Crippen LogP contribution in [0.25, 0.3) is 22.9 Å². The van der Waals surface area contributed by atoms with Crippen molar-refractivity contribution in [2.24, 2.45) is 0 Å². The van der Waals surface area contributed by atoms with Gasteiger partial charge in [-0.05, 0) is 38.4 Å². The van der Waals surface area contributed by atoms with Crippen LogP contribution in [0.3, 0.4) is 0 Å². The minimum Gasteiger partial charge on any atom is -0.369 e. The minimum absolute atomic E-state index is 0.214. The highest BCUT2D eigenvalue weighted by Crippen LogP contribution is 2.24. The Morgan fingerprint density at radius 3 is 1.79 bits per heavy atom. The Bertz CT molecular complexity index is 1080. The van der Waals surface area contributed by atoms with Crippen molar-refractivity contribution in [1.82, 2.24) is 29.7 Å². The predicted octanol–water partition coefficient (Wildman–Crippen LogP) is 1.40. The van der Waals surface area contributed by atoms with E-state index in [1.165, 1.54) is 6.07 Å². The van der Waals surface area contributed by atoms with Gasteiger partial charge >= 0.3 is 0 Å². The molecule has 0 aromatic carbocycles. The molecule has 0 radical (unpaired) electrons. The van der Waals surface area contributed by atoms with Gasteiger partial charge in [0, 0.05) is 82.2 Å². The van der Waals surface area contributed by atoms with Crippen molar-refractivity contribution in [3.63, 3.8) is 0 Å². The molecule has 5 rings (SSSR count). The van der Waals surface area contributed by atoms with Crippen molar-refractivity contribution in [3.05, 3.63) is 53.1 Å². The van der Waals surface area contributed by atoms with E-state index in [0.29, 0.717) is 22.9 Å². The monoisotopic (exact) mass is 446 g/mol. The van der Waals surface area contributed by atoms with Gasteiger partial charge < -0.3 is 24.6 Å². The number of aromatic nitrogens is 4. The molecule has 3 aromatic heterocycles. The first-order chi connectivity index (χ1) is 16.0. The summed E-state index contributed by atoms with van der Waals surface area (Å²) in [6, 6.07) is 9.55. The average Bonchev–Trinajstić information content (AvgIpc) is 2.85. The fourth-order valence-electron chi connectivity index (χ4n) is 4.34. The zero-order chi connectivity index (χ0) is 22.8. The quantitative estimate of drug-likeness (QED) is 0.644. The molecule has 2 fully saturated rings. The molecule has 172 valence electrons. The molecule has 1 N–H and O–H groups in total. The van der Waals surface area contributed by atoms with E-state index in [9.17, 15) is 4.79 Å². The van der Waals surface area contributed by atoms with E-state index in [-0.39, 0.29) is 5.56 Å². The summed E-state index contributed by atoms with van der Waals surface area (Å²) < 4.78 is 0. The van der Waals surface area contributed by atoms with Crippen molar-refractivity contribution in [2.75, 3.05) is 76.3 Å². The summed E-state index contributed by atoms with van der Waals surface area (Å²) in [4.78, 5) is 38.4. The standard InChI is InChI=1S/C24H30N8O/c1-29-7-11-31(12-8-29)18-3-5-25-20(15-18)21-17-23(33)28-24(27-21)22-16-19(4-6-26-22)32-13-9-30(2)10-14-32/h3-6,15-17H,7-14H2,1-2H3,(H,27,28,33). The Hall–Kier alpha value is -3.30. The maximum atomic E-state index is 12.5. The zero-order valence-corrected chi connectivity index (χ0v) is 19.2. The summed E-state index contributed by atoms with van der Waals surface area (Å²) >= 11 is 0. The molecule has 0 bridgehead atoms. The molecular weight excluding hydrogens is 416 g/mol. The molecule has 0 saturated carbocycles. The third-order valence-electron chi connectivity index (χ3n) is 6.47. The summed E-state index contributed by atoms with van der Waals surface area (Å²) in [5.41, 5.74) is 3.88. The van der Waals surface area contributed by atoms with Crippen LogP contribution >= 0.6 is 0 Å². The number of hydrogen-bond donors (Lipinski definition) is 1. The first-order valence-corrected chi connectivity index (χ1v) is 11.5. The lowest BCUT2D eigenvalue weighted by atomic mass is 10.2. The summed E-state index contributed by atoms with van der Waals surface area (Å²) in [6.07, 6.45) is 3.57. The van der Waals surface area contributed by atoms with Crippen LogP contribution in [0.5, 0.6) is 0 Å². The van der Waals surface area contributed by atoms with Gasteiger partial charge in [-0.15, -0.1) is 0 Å². The van der Waals surface area contributed by atoms with Crippen molar-refractivity contribution in [3.8, 4) is 22.9 Å². The molecular formula is C24H30N8O. The third kappa shape index (κ3) is 4.89. The first-order valence-electron chi connectivity index (χ1n) is 11.5. The van der Waals surface area contributed by atoms with Crippen LogP contribution in [0.1, 0.15) is 0 Å². The third-order valence-corrected chi connectivity index (χ3v) is 6.47. The molecule has 5 heterocycles. The van der Waals surface area contributed by atoms with Crippen molar-refractivity contribution in [2.45, 2.75) is 0 Å². The topological polar surface area (TPSA) is 84.5 Å². The van der Waals surface area contributed by atoms with Crippen LogP contribution < -0.4 is 15.4 Å². The second-order valence-corrected chi connectivity index (χ2v) is 8.86. The number of rotatable bonds is 4. The van der Waals surface area contributed by atoms with Gasteiger partial charge in [-0.2, -0.15) is 0 Å². The van der Waals surface area contributed by atoms with Crippen molar-refractivity contribution < 1.29 is 0 Å². The fourth-order valence-corrected chi connectivity index (χ4v) is 4.34. The number of likely N-dealkylation sites (N-methyl/N-ethyl adjacent to an activating group) is 2. The molecule has 0 unspecified atom stereocenters. The molecule has 0 spiro atoms. The lowest BCUT2D eigenvalue weighted by Gasteiger charge is -2.34. The summed E-state index contributed by atoms with van der Waals surface area (Å²) in [7, 11) is 4.28. The highest BCUT2D eigenvalue weighted by molar-refractivity contribution is 5.65. The fraction of sp³-hybridized carbons (Fsp3) is 0.417. The highest BCUT2D eigenvalue weighted by Gasteiger charge is 2.18. The smallest absolute Gasteiger partial charge is 0.251 e. The van der Waals surface area contributed by atoms with Crippen LogP contribution in [-0.2, 0) is 0 Å². The first kappa shape index (κ1) is 21.5. The minimum atomic E-state index is -0.214. The van der Waals surface area contributed by atoms with E-state index >= 15 is 0 Å². The molecule has 2 aliphatic rings. The van der Waals surface area contributed by atoms with E-state index in [1.54, 1.807) is 12.4 Å². The van der Waals surface area contributed by atoms with Gasteiger partial charge in [-0.25, -0.2) is 4.98 Å². The summed E-state index contributed by atoms with van der Waals surface area (Å²) in [6.45, 7) is 7.98. The molecule has 0 amide bonds. The zero-order valence-electron chi connectivity index (χ0n) is 19.2. The highest BCUT2D eigenvalue weighted by atomic mass is 16.1. The summed E-state index contributed by atoms with van der Waals surface area (Å²) in [5, 5.41) is 0. The van der Waals surface area contributed by atoms with E-state index in [1.807, 2.05) is 24.3 Å². The maximum absolute atomic E-state index is 12.5. The molecule has 9 nitrogen and oxygen atoms in total. The van der Waals surface area contributed by atoms with E-state index in [2.05, 4.69) is 48.6 Å². The number of nitrogens with zero attached hydrogens (tertiary/aromatic N) is 7. The van der Waals surface area contributed by atoms with Crippen LogP contribution in [0.4, 0.5) is 11.4 Å². The molecule has 9 heteroatoms. The van der Waals surface area contributed by atoms with Crippen molar-refractivity contribution in [1.29, 1.82) is 0 Å². The lowest BCUT2D eigenvalue weighted by molar-refractivity contribution is 0.313. The second kappa shape index (κ2) is 9.29. The number of H-pyrrole nitrogens is 1. The molecule has 0 atom stereocenters. The van der Waals surface area contributed by atoms with Gasteiger partial charge in [0.15, 0.2) is 5.82 Å². The number of nitrogens with one attached hydrogen (secondary N) is 1. The predicted molar refractivity (Wildman–Crippen MR) is 131 cm³/mol. The van der Waals surface area contributed by atoms with Crippen LogP contribution in [0.2, 0.25) is 0 Å². The molecule has 2 saturated heterocycles. The second-order valence-electron chi connectivity index (χ2n) is 8.86. The number of aromatic amines is 1. The van der Waals surface area contributed by atoms with Gasteiger partial charge in [-0.3, -0.25) is 14.8 Å². The number of piperazine rings is 2. The normalized spacial score (nSPS) is 18.0. The Morgan fingerprint density at radius 1 is 0.697 bits per heavy atom. The Morgan fingerprint density at radius 2 is 1.21 bits per heavy atom. The van der Waals surface area contributed by atoms with Crippen LogP contribution in [0, 0.1) is 0 Å². The van der Waals surface area contributed by atoms with Crippen LogP contribution in [0.15, 0.2) is 47.5 Å². The molecule has 0 aliphatic carbocycles. The summed E-state index contributed by atoms with van der Waals surface area (Å²) in [5.74, 6) is 0.459. The number of hydrogen-bond acceptors (Lipinski definition) is 8. The average molecular weight is 447 g/mol. The van der Waals surface area contributed by atoms with Crippen molar-refractivity contribution >= 4 is 11.4 Å².